The van der Waals surface area contributed by atoms with Gasteiger partial charge in [0.05, 0.1) is 12.1 Å². The normalized spacial score (nSPS) is 19.8. The molecule has 2 aliphatic carbocycles. The minimum absolute atomic E-state index is 0.230. The molecule has 2 saturated carbocycles. The summed E-state index contributed by atoms with van der Waals surface area (Å²) in [5.41, 5.74) is 1.48. The van der Waals surface area contributed by atoms with E-state index < -0.39 is 0 Å². The first kappa shape index (κ1) is 19.6. The van der Waals surface area contributed by atoms with E-state index in [-0.39, 0.29) is 5.54 Å². The van der Waals surface area contributed by atoms with Crippen molar-refractivity contribution in [3.63, 3.8) is 0 Å². The number of nitrogens with one attached hydrogen (secondary N) is 1. The molecule has 152 valence electrons. The minimum Gasteiger partial charge on any atom is -0.423 e. The molecule has 0 bridgehead atoms. The lowest BCUT2D eigenvalue weighted by Crippen LogP contribution is -2.59. The fourth-order valence-corrected chi connectivity index (χ4v) is 5.28. The molecule has 1 aromatic carbocycles. The van der Waals surface area contributed by atoms with Crippen LogP contribution in [0.1, 0.15) is 57.8 Å². The monoisotopic (exact) mass is 401 g/mol. The largest absolute Gasteiger partial charge is 0.423 e. The lowest BCUT2D eigenvalue weighted by Gasteiger charge is -2.42. The molecule has 2 fully saturated rings. The molecular formula is C22H31N3O2S. The summed E-state index contributed by atoms with van der Waals surface area (Å²) in [5, 5.41) is 3.74. The molecule has 0 unspecified atom stereocenters. The van der Waals surface area contributed by atoms with E-state index in [4.69, 9.17) is 26.4 Å². The van der Waals surface area contributed by atoms with E-state index in [1.807, 2.05) is 24.3 Å². The van der Waals surface area contributed by atoms with Gasteiger partial charge in [-0.25, -0.2) is 0 Å². The highest BCUT2D eigenvalue weighted by Crippen LogP contribution is 2.40. The number of methoxy groups -OCH3 is 1. The molecule has 1 heterocycles. The summed E-state index contributed by atoms with van der Waals surface area (Å²) < 4.78 is 11.6. The second kappa shape index (κ2) is 8.78. The molecule has 0 radical (unpaired) electrons. The number of benzene rings is 1. The zero-order valence-electron chi connectivity index (χ0n) is 16.8. The van der Waals surface area contributed by atoms with Gasteiger partial charge < -0.3 is 19.4 Å². The van der Waals surface area contributed by atoms with Crippen LogP contribution in [0.25, 0.3) is 11.1 Å². The van der Waals surface area contributed by atoms with Crippen molar-refractivity contribution in [2.75, 3.05) is 25.2 Å². The number of hydrogen-bond acceptors (Lipinski definition) is 5. The molecular weight excluding hydrogens is 370 g/mol. The number of hydrogen-bond donors (Lipinski definition) is 1. The van der Waals surface area contributed by atoms with Crippen LogP contribution < -0.4 is 10.2 Å². The SMILES string of the molecule is COCCN(c1nc2ccccc2o1)C1(C(=S)NC2CCCCC2)CCCC1. The fourth-order valence-electron chi connectivity index (χ4n) is 4.80. The Hall–Kier alpha value is -1.66. The average Bonchev–Trinajstić information content (AvgIpc) is 3.37. The van der Waals surface area contributed by atoms with E-state index in [9.17, 15) is 0 Å². The standard InChI is InChI=1S/C22H31N3O2S/c1-26-16-15-25(21-24-18-11-5-6-12-19(18)27-21)22(13-7-8-14-22)20(28)23-17-9-3-2-4-10-17/h5-6,11-12,17H,2-4,7-10,13-16H2,1H3,(H,23,28). The first-order chi connectivity index (χ1) is 13.7. The molecule has 0 saturated heterocycles. The molecule has 0 atom stereocenters. The number of thiocarbonyl (C=S) groups is 1. The van der Waals surface area contributed by atoms with Crippen molar-refractivity contribution in [3.05, 3.63) is 24.3 Å². The van der Waals surface area contributed by atoms with Crippen molar-refractivity contribution >= 4 is 34.3 Å². The Kier molecular flexibility index (Phi) is 6.16. The maximum Gasteiger partial charge on any atom is 0.299 e. The van der Waals surface area contributed by atoms with Gasteiger partial charge in [-0.05, 0) is 37.8 Å². The molecule has 0 spiro atoms. The highest BCUT2D eigenvalue weighted by atomic mass is 32.1. The van der Waals surface area contributed by atoms with E-state index in [0.717, 1.165) is 35.5 Å². The first-order valence-corrected chi connectivity index (χ1v) is 11.1. The molecule has 1 aromatic heterocycles. The van der Waals surface area contributed by atoms with Crippen molar-refractivity contribution < 1.29 is 9.15 Å². The fraction of sp³-hybridized carbons (Fsp3) is 0.636. The number of aromatic nitrogens is 1. The maximum absolute atomic E-state index is 6.18. The van der Waals surface area contributed by atoms with E-state index >= 15 is 0 Å². The van der Waals surface area contributed by atoms with Crippen LogP contribution in [0.15, 0.2) is 28.7 Å². The number of ether oxygens (including phenoxy) is 1. The Labute approximate surface area is 172 Å². The van der Waals surface area contributed by atoms with Gasteiger partial charge in [-0.1, -0.05) is 56.5 Å². The van der Waals surface area contributed by atoms with Crippen LogP contribution in [-0.4, -0.2) is 41.8 Å². The Morgan fingerprint density at radius 3 is 2.68 bits per heavy atom. The Morgan fingerprint density at radius 2 is 1.96 bits per heavy atom. The molecule has 6 heteroatoms. The van der Waals surface area contributed by atoms with Crippen LogP contribution in [-0.2, 0) is 4.74 Å². The van der Waals surface area contributed by atoms with Gasteiger partial charge in [-0.15, -0.1) is 0 Å². The van der Waals surface area contributed by atoms with Crippen molar-refractivity contribution in [3.8, 4) is 0 Å². The van der Waals surface area contributed by atoms with Gasteiger partial charge in [0, 0.05) is 19.7 Å². The molecule has 2 aromatic rings. The third-order valence-corrected chi connectivity index (χ3v) is 6.84. The van der Waals surface area contributed by atoms with Gasteiger partial charge in [-0.2, -0.15) is 4.98 Å². The molecule has 0 aliphatic heterocycles. The summed E-state index contributed by atoms with van der Waals surface area (Å²) in [7, 11) is 1.74. The van der Waals surface area contributed by atoms with E-state index in [0.29, 0.717) is 18.7 Å². The zero-order valence-corrected chi connectivity index (χ0v) is 17.6. The Bertz CT molecular complexity index is 761. The molecule has 1 N–H and O–H groups in total. The van der Waals surface area contributed by atoms with E-state index in [1.54, 1.807) is 7.11 Å². The number of anilines is 1. The summed E-state index contributed by atoms with van der Waals surface area (Å²) in [6, 6.07) is 9.11. The number of fused-ring (bicyclic) bond motifs is 1. The predicted molar refractivity (Wildman–Crippen MR) is 117 cm³/mol. The third-order valence-electron chi connectivity index (χ3n) is 6.34. The second-order valence-corrected chi connectivity index (χ2v) is 8.56. The van der Waals surface area contributed by atoms with Crippen LogP contribution in [0.3, 0.4) is 0 Å². The quantitative estimate of drug-likeness (QED) is 0.670. The Balaban J connectivity index is 1.65. The number of oxazole rings is 1. The number of rotatable bonds is 7. The maximum atomic E-state index is 6.18. The zero-order chi connectivity index (χ0) is 19.4. The van der Waals surface area contributed by atoms with Crippen molar-refractivity contribution in [2.45, 2.75) is 69.4 Å². The second-order valence-electron chi connectivity index (χ2n) is 8.16. The smallest absolute Gasteiger partial charge is 0.299 e. The summed E-state index contributed by atoms with van der Waals surface area (Å²) in [6.07, 6.45) is 10.8. The number of nitrogens with zero attached hydrogens (tertiary/aromatic N) is 2. The van der Waals surface area contributed by atoms with Crippen LogP contribution in [0.4, 0.5) is 6.01 Å². The highest BCUT2D eigenvalue weighted by molar-refractivity contribution is 7.80. The summed E-state index contributed by atoms with van der Waals surface area (Å²) in [6.45, 7) is 1.34. The van der Waals surface area contributed by atoms with Gasteiger partial charge in [0.1, 0.15) is 10.5 Å². The van der Waals surface area contributed by atoms with Crippen LogP contribution >= 0.6 is 12.2 Å². The molecule has 5 nitrogen and oxygen atoms in total. The Morgan fingerprint density at radius 1 is 1.21 bits per heavy atom. The summed E-state index contributed by atoms with van der Waals surface area (Å²) >= 11 is 6.05. The summed E-state index contributed by atoms with van der Waals surface area (Å²) in [5.74, 6) is 0. The molecule has 28 heavy (non-hydrogen) atoms. The first-order valence-electron chi connectivity index (χ1n) is 10.7. The van der Waals surface area contributed by atoms with Gasteiger partial charge in [0.15, 0.2) is 5.58 Å². The van der Waals surface area contributed by atoms with Gasteiger partial charge >= 0.3 is 0 Å². The highest BCUT2D eigenvalue weighted by Gasteiger charge is 2.46. The van der Waals surface area contributed by atoms with Gasteiger partial charge in [0.2, 0.25) is 0 Å². The van der Waals surface area contributed by atoms with Crippen LogP contribution in [0, 0.1) is 0 Å². The molecule has 2 aliphatic rings. The number of para-hydroxylation sites is 2. The lowest BCUT2D eigenvalue weighted by molar-refractivity contribution is 0.199. The lowest BCUT2D eigenvalue weighted by atomic mass is 9.91. The third kappa shape index (κ3) is 3.90. The summed E-state index contributed by atoms with van der Waals surface area (Å²) in [4.78, 5) is 8.05. The van der Waals surface area contributed by atoms with Crippen molar-refractivity contribution in [1.82, 2.24) is 10.3 Å². The van der Waals surface area contributed by atoms with Gasteiger partial charge in [0.25, 0.3) is 6.01 Å². The minimum atomic E-state index is -0.230. The molecule has 0 amide bonds. The average molecular weight is 402 g/mol. The topological polar surface area (TPSA) is 50.5 Å². The van der Waals surface area contributed by atoms with Crippen LogP contribution in [0.5, 0.6) is 0 Å². The predicted octanol–water partition coefficient (Wildman–Crippen LogP) is 4.84. The van der Waals surface area contributed by atoms with Crippen LogP contribution in [0.2, 0.25) is 0 Å². The van der Waals surface area contributed by atoms with E-state index in [1.165, 1.54) is 44.9 Å². The molecule has 4 rings (SSSR count). The van der Waals surface area contributed by atoms with Crippen molar-refractivity contribution in [2.24, 2.45) is 0 Å². The van der Waals surface area contributed by atoms with Crippen molar-refractivity contribution in [1.29, 1.82) is 0 Å². The van der Waals surface area contributed by atoms with E-state index in [2.05, 4.69) is 10.2 Å². The van der Waals surface area contributed by atoms with Gasteiger partial charge in [-0.3, -0.25) is 0 Å².